The van der Waals surface area contributed by atoms with E-state index in [1.165, 1.54) is 5.56 Å². The smallest absolute Gasteiger partial charge is 0.227 e. The van der Waals surface area contributed by atoms with E-state index in [2.05, 4.69) is 44.4 Å². The van der Waals surface area contributed by atoms with Crippen LogP contribution < -0.4 is 24.4 Å². The Hall–Kier alpha value is -4.35. The first kappa shape index (κ1) is 27.8. The quantitative estimate of drug-likeness (QED) is 0.290. The summed E-state index contributed by atoms with van der Waals surface area (Å²) in [6, 6.07) is 14.3. The zero-order chi connectivity index (χ0) is 29.1. The lowest BCUT2D eigenvalue weighted by atomic mass is 10.0. The molecule has 6 rings (SSSR count). The van der Waals surface area contributed by atoms with Crippen molar-refractivity contribution >= 4 is 17.6 Å². The van der Waals surface area contributed by atoms with Crippen molar-refractivity contribution in [3.05, 3.63) is 71.8 Å². The van der Waals surface area contributed by atoms with Crippen LogP contribution in [0.25, 0.3) is 5.69 Å². The standard InChI is InChI=1S/C31H37N7O4/c1-40-26-14-23(15-27(41-2)29(26)42-3)37-18-28(32-20-37)34-30-24-17-36(16-21-8-5-4-6-9-21)13-11-25(24)33-31(35-30)38-12-7-10-22(38)19-39/h4-6,8-9,14-15,18,20,22,39H,7,10-13,16-17,19H2,1-3H3,(H,33,34,35). The third-order valence-electron chi connectivity index (χ3n) is 8.00. The normalized spacial score (nSPS) is 16.8. The number of methoxy groups -OCH3 is 3. The molecule has 0 amide bonds. The molecule has 1 atom stereocenters. The zero-order valence-electron chi connectivity index (χ0n) is 24.3. The van der Waals surface area contributed by atoms with Crippen molar-refractivity contribution in [3.8, 4) is 22.9 Å². The Labute approximate surface area is 245 Å². The molecule has 11 heteroatoms. The third kappa shape index (κ3) is 5.57. The second-order valence-corrected chi connectivity index (χ2v) is 10.6. The number of nitrogens with zero attached hydrogens (tertiary/aromatic N) is 6. The van der Waals surface area contributed by atoms with E-state index in [0.717, 1.165) is 68.2 Å². The summed E-state index contributed by atoms with van der Waals surface area (Å²) < 4.78 is 18.4. The predicted octanol–water partition coefficient (Wildman–Crippen LogP) is 3.95. The molecular weight excluding hydrogens is 534 g/mol. The average Bonchev–Trinajstić information content (AvgIpc) is 3.71. The molecule has 4 heterocycles. The SMILES string of the molecule is COc1cc(-n2cnc(Nc3nc(N4CCCC4CO)nc4c3CN(Cc3ccccc3)CC4)c2)cc(OC)c1OC. The van der Waals surface area contributed by atoms with Crippen LogP contribution in [0.15, 0.2) is 55.0 Å². The molecule has 2 aromatic carbocycles. The molecule has 2 aliphatic heterocycles. The summed E-state index contributed by atoms with van der Waals surface area (Å²) in [4.78, 5) is 19.2. The first-order valence-electron chi connectivity index (χ1n) is 14.2. The maximum atomic E-state index is 9.98. The molecule has 220 valence electrons. The largest absolute Gasteiger partial charge is 0.493 e. The molecule has 0 radical (unpaired) electrons. The fraction of sp³-hybridized carbons (Fsp3) is 0.387. The number of ether oxygens (including phenoxy) is 3. The molecule has 0 bridgehead atoms. The zero-order valence-corrected chi connectivity index (χ0v) is 24.3. The molecule has 2 aromatic heterocycles. The van der Waals surface area contributed by atoms with Crippen molar-refractivity contribution in [3.63, 3.8) is 0 Å². The number of fused-ring (bicyclic) bond motifs is 1. The summed E-state index contributed by atoms with van der Waals surface area (Å²) in [5.41, 5.74) is 4.20. The van der Waals surface area contributed by atoms with Crippen molar-refractivity contribution in [1.82, 2.24) is 24.4 Å². The van der Waals surface area contributed by atoms with E-state index >= 15 is 0 Å². The van der Waals surface area contributed by atoms with Gasteiger partial charge in [0.05, 0.1) is 51.6 Å². The summed E-state index contributed by atoms with van der Waals surface area (Å²) >= 11 is 0. The van der Waals surface area contributed by atoms with Gasteiger partial charge in [0, 0.05) is 50.3 Å². The van der Waals surface area contributed by atoms with E-state index in [0.29, 0.717) is 29.0 Å². The minimum absolute atomic E-state index is 0.0355. The maximum absolute atomic E-state index is 9.98. The van der Waals surface area contributed by atoms with Crippen LogP contribution in [0.4, 0.5) is 17.6 Å². The van der Waals surface area contributed by atoms with Gasteiger partial charge in [-0.15, -0.1) is 0 Å². The highest BCUT2D eigenvalue weighted by atomic mass is 16.5. The van der Waals surface area contributed by atoms with Crippen molar-refractivity contribution in [2.75, 3.05) is 51.2 Å². The molecule has 1 fully saturated rings. The van der Waals surface area contributed by atoms with Crippen LogP contribution in [0.1, 0.15) is 29.7 Å². The van der Waals surface area contributed by atoms with Gasteiger partial charge in [-0.25, -0.2) is 9.97 Å². The Balaban J connectivity index is 1.32. The van der Waals surface area contributed by atoms with E-state index < -0.39 is 0 Å². The van der Waals surface area contributed by atoms with Crippen LogP contribution in [-0.4, -0.2) is 76.6 Å². The summed E-state index contributed by atoms with van der Waals surface area (Å²) in [6.07, 6.45) is 6.42. The number of aliphatic hydroxyl groups excluding tert-OH is 1. The van der Waals surface area contributed by atoms with Gasteiger partial charge in [0.2, 0.25) is 11.7 Å². The monoisotopic (exact) mass is 571 g/mol. The van der Waals surface area contributed by atoms with Crippen molar-refractivity contribution in [1.29, 1.82) is 0 Å². The molecule has 2 aliphatic rings. The minimum atomic E-state index is 0.0355. The van der Waals surface area contributed by atoms with Crippen molar-refractivity contribution in [2.24, 2.45) is 0 Å². The van der Waals surface area contributed by atoms with E-state index in [-0.39, 0.29) is 12.6 Å². The lowest BCUT2D eigenvalue weighted by Gasteiger charge is -2.31. The topological polar surface area (TPSA) is 110 Å². The summed E-state index contributed by atoms with van der Waals surface area (Å²) in [7, 11) is 4.78. The predicted molar refractivity (Wildman–Crippen MR) is 160 cm³/mol. The van der Waals surface area contributed by atoms with E-state index in [9.17, 15) is 5.11 Å². The van der Waals surface area contributed by atoms with Crippen LogP contribution in [0.5, 0.6) is 17.2 Å². The molecular formula is C31H37N7O4. The van der Waals surface area contributed by atoms with Crippen LogP contribution in [0, 0.1) is 0 Å². The van der Waals surface area contributed by atoms with Gasteiger partial charge in [-0.1, -0.05) is 30.3 Å². The van der Waals surface area contributed by atoms with Gasteiger partial charge >= 0.3 is 0 Å². The van der Waals surface area contributed by atoms with Gasteiger partial charge in [-0.3, -0.25) is 4.90 Å². The number of imidazole rings is 1. The van der Waals surface area contributed by atoms with E-state index in [1.54, 1.807) is 27.7 Å². The summed E-state index contributed by atoms with van der Waals surface area (Å²) in [5.74, 6) is 3.71. The molecule has 0 saturated carbocycles. The van der Waals surface area contributed by atoms with Crippen LogP contribution in [0.2, 0.25) is 0 Å². The number of rotatable bonds is 10. The summed E-state index contributed by atoms with van der Waals surface area (Å²) in [5, 5.41) is 13.5. The summed E-state index contributed by atoms with van der Waals surface area (Å²) in [6.45, 7) is 3.42. The molecule has 11 nitrogen and oxygen atoms in total. The highest BCUT2D eigenvalue weighted by Crippen LogP contribution is 2.39. The van der Waals surface area contributed by atoms with Gasteiger partial charge in [-0.05, 0) is 18.4 Å². The fourth-order valence-corrected chi connectivity index (χ4v) is 5.82. The lowest BCUT2D eigenvalue weighted by Crippen LogP contribution is -2.36. The fourth-order valence-electron chi connectivity index (χ4n) is 5.82. The number of aliphatic hydroxyl groups is 1. The first-order valence-corrected chi connectivity index (χ1v) is 14.2. The highest BCUT2D eigenvalue weighted by molar-refractivity contribution is 5.62. The van der Waals surface area contributed by atoms with Gasteiger partial charge in [0.25, 0.3) is 0 Å². The van der Waals surface area contributed by atoms with Gasteiger partial charge in [0.1, 0.15) is 18.0 Å². The Kier molecular flexibility index (Phi) is 8.11. The first-order chi connectivity index (χ1) is 20.6. The number of hydrogen-bond acceptors (Lipinski definition) is 10. The second kappa shape index (κ2) is 12.3. The van der Waals surface area contributed by atoms with E-state index in [1.807, 2.05) is 29.0 Å². The van der Waals surface area contributed by atoms with Crippen molar-refractivity contribution < 1.29 is 19.3 Å². The molecule has 1 unspecified atom stereocenters. The Morgan fingerprint density at radius 2 is 1.79 bits per heavy atom. The Bertz CT molecular complexity index is 1500. The molecule has 0 spiro atoms. The molecule has 42 heavy (non-hydrogen) atoms. The molecule has 2 N–H and O–H groups in total. The number of aromatic nitrogens is 4. The number of hydrogen-bond donors (Lipinski definition) is 2. The second-order valence-electron chi connectivity index (χ2n) is 10.6. The van der Waals surface area contributed by atoms with E-state index in [4.69, 9.17) is 24.2 Å². The van der Waals surface area contributed by atoms with Gasteiger partial charge in [-0.2, -0.15) is 4.98 Å². The molecule has 1 saturated heterocycles. The van der Waals surface area contributed by atoms with Crippen LogP contribution in [-0.2, 0) is 19.5 Å². The number of anilines is 3. The number of nitrogens with one attached hydrogen (secondary N) is 1. The van der Waals surface area contributed by atoms with Crippen LogP contribution >= 0.6 is 0 Å². The molecule has 4 aromatic rings. The lowest BCUT2D eigenvalue weighted by molar-refractivity contribution is 0.243. The third-order valence-corrected chi connectivity index (χ3v) is 8.00. The van der Waals surface area contributed by atoms with Crippen LogP contribution in [0.3, 0.4) is 0 Å². The Morgan fingerprint density at radius 1 is 1.00 bits per heavy atom. The maximum Gasteiger partial charge on any atom is 0.227 e. The average molecular weight is 572 g/mol. The van der Waals surface area contributed by atoms with Gasteiger partial charge < -0.3 is 34.1 Å². The number of benzene rings is 2. The Morgan fingerprint density at radius 3 is 2.50 bits per heavy atom. The van der Waals surface area contributed by atoms with Crippen molar-refractivity contribution in [2.45, 2.75) is 38.4 Å². The minimum Gasteiger partial charge on any atom is -0.493 e. The highest BCUT2D eigenvalue weighted by Gasteiger charge is 2.30. The van der Waals surface area contributed by atoms with Gasteiger partial charge in [0.15, 0.2) is 11.5 Å². The molecule has 0 aliphatic carbocycles.